The number of sulfonamides is 1. The number of halogens is 1. The van der Waals surface area contributed by atoms with Gasteiger partial charge in [0.15, 0.2) is 0 Å². The normalized spacial score (nSPS) is 27.4. The molecule has 2 rings (SSSR count). The van der Waals surface area contributed by atoms with Crippen LogP contribution in [0.5, 0.6) is 0 Å². The van der Waals surface area contributed by atoms with Crippen LogP contribution in [0.15, 0.2) is 23.1 Å². The van der Waals surface area contributed by atoms with Crippen molar-refractivity contribution in [2.75, 3.05) is 5.73 Å². The SMILES string of the molecule is CC1CCCC(NS(=O)(=O)c2ccc(Cl)cc2N)C1C. The molecule has 3 atom stereocenters. The van der Waals surface area contributed by atoms with Crippen molar-refractivity contribution in [1.29, 1.82) is 0 Å². The summed E-state index contributed by atoms with van der Waals surface area (Å²) in [5, 5.41) is 0.432. The summed E-state index contributed by atoms with van der Waals surface area (Å²) in [6, 6.07) is 4.43. The van der Waals surface area contributed by atoms with Crippen LogP contribution in [-0.2, 0) is 10.0 Å². The molecule has 0 saturated heterocycles. The fraction of sp³-hybridized carbons (Fsp3) is 0.571. The average Bonchev–Trinajstić information content (AvgIpc) is 2.34. The van der Waals surface area contributed by atoms with E-state index in [1.165, 1.54) is 12.1 Å². The summed E-state index contributed by atoms with van der Waals surface area (Å²) in [7, 11) is -3.60. The molecular formula is C14H21ClN2O2S. The van der Waals surface area contributed by atoms with Crippen molar-refractivity contribution in [1.82, 2.24) is 4.72 Å². The maximum Gasteiger partial charge on any atom is 0.242 e. The van der Waals surface area contributed by atoms with Crippen LogP contribution >= 0.6 is 11.6 Å². The summed E-state index contributed by atoms with van der Waals surface area (Å²) in [6.45, 7) is 4.27. The number of hydrogen-bond donors (Lipinski definition) is 2. The maximum atomic E-state index is 12.5. The molecule has 3 unspecified atom stereocenters. The van der Waals surface area contributed by atoms with Gasteiger partial charge in [0.05, 0.1) is 5.69 Å². The van der Waals surface area contributed by atoms with E-state index in [-0.39, 0.29) is 16.6 Å². The van der Waals surface area contributed by atoms with Crippen LogP contribution in [-0.4, -0.2) is 14.5 Å². The summed E-state index contributed by atoms with van der Waals surface area (Å²) in [5.74, 6) is 0.853. The minimum Gasteiger partial charge on any atom is -0.398 e. The monoisotopic (exact) mass is 316 g/mol. The van der Waals surface area contributed by atoms with Crippen LogP contribution in [0.2, 0.25) is 5.02 Å². The van der Waals surface area contributed by atoms with Gasteiger partial charge in [0.25, 0.3) is 0 Å². The molecule has 1 aromatic carbocycles. The molecule has 0 spiro atoms. The van der Waals surface area contributed by atoms with E-state index < -0.39 is 10.0 Å². The smallest absolute Gasteiger partial charge is 0.242 e. The number of nitrogens with one attached hydrogen (secondary N) is 1. The van der Waals surface area contributed by atoms with Gasteiger partial charge in [-0.1, -0.05) is 38.3 Å². The highest BCUT2D eigenvalue weighted by Crippen LogP contribution is 2.31. The Morgan fingerprint density at radius 1 is 1.30 bits per heavy atom. The van der Waals surface area contributed by atoms with Crippen LogP contribution < -0.4 is 10.5 Å². The van der Waals surface area contributed by atoms with E-state index in [0.717, 1.165) is 19.3 Å². The quantitative estimate of drug-likeness (QED) is 0.842. The zero-order chi connectivity index (χ0) is 14.9. The second-order valence-corrected chi connectivity index (χ2v) is 7.80. The highest BCUT2D eigenvalue weighted by molar-refractivity contribution is 7.89. The molecule has 3 N–H and O–H groups in total. The maximum absolute atomic E-state index is 12.5. The lowest BCUT2D eigenvalue weighted by atomic mass is 9.78. The second kappa shape index (κ2) is 5.92. The van der Waals surface area contributed by atoms with Crippen molar-refractivity contribution in [2.24, 2.45) is 11.8 Å². The van der Waals surface area contributed by atoms with E-state index >= 15 is 0 Å². The van der Waals surface area contributed by atoms with Gasteiger partial charge in [-0.25, -0.2) is 13.1 Å². The standard InChI is InChI=1S/C14H21ClN2O2S/c1-9-4-3-5-13(10(9)2)17-20(18,19)14-7-6-11(15)8-12(14)16/h6-10,13,17H,3-5,16H2,1-2H3. The van der Waals surface area contributed by atoms with E-state index in [1.54, 1.807) is 6.07 Å². The molecule has 0 aromatic heterocycles. The Morgan fingerprint density at radius 2 is 2.00 bits per heavy atom. The van der Waals surface area contributed by atoms with Gasteiger partial charge >= 0.3 is 0 Å². The molecule has 0 amide bonds. The minimum atomic E-state index is -3.60. The highest BCUT2D eigenvalue weighted by atomic mass is 35.5. The number of nitrogens with two attached hydrogens (primary N) is 1. The van der Waals surface area contributed by atoms with E-state index in [9.17, 15) is 8.42 Å². The molecule has 0 bridgehead atoms. The Labute approximate surface area is 125 Å². The van der Waals surface area contributed by atoms with Crippen molar-refractivity contribution in [2.45, 2.75) is 44.0 Å². The Morgan fingerprint density at radius 3 is 2.65 bits per heavy atom. The predicted octanol–water partition coefficient (Wildman–Crippen LogP) is 3.03. The molecule has 0 radical (unpaired) electrons. The first-order valence-electron chi connectivity index (χ1n) is 6.88. The molecule has 1 saturated carbocycles. The van der Waals surface area contributed by atoms with Crippen molar-refractivity contribution in [3.63, 3.8) is 0 Å². The van der Waals surface area contributed by atoms with Crippen LogP contribution in [0.3, 0.4) is 0 Å². The van der Waals surface area contributed by atoms with Gasteiger partial charge in [0.2, 0.25) is 10.0 Å². The first-order valence-corrected chi connectivity index (χ1v) is 8.74. The summed E-state index contributed by atoms with van der Waals surface area (Å²) in [6.07, 6.45) is 3.08. The van der Waals surface area contributed by atoms with Crippen LogP contribution in [0.4, 0.5) is 5.69 Å². The van der Waals surface area contributed by atoms with Crippen LogP contribution in [0.25, 0.3) is 0 Å². The van der Waals surface area contributed by atoms with Gasteiger partial charge in [-0.2, -0.15) is 0 Å². The number of hydrogen-bond acceptors (Lipinski definition) is 3. The Bertz CT molecular complexity index is 589. The lowest BCUT2D eigenvalue weighted by molar-refractivity contribution is 0.227. The largest absolute Gasteiger partial charge is 0.398 e. The molecule has 4 nitrogen and oxygen atoms in total. The topological polar surface area (TPSA) is 72.2 Å². The number of rotatable bonds is 3. The Kier molecular flexibility index (Phi) is 4.62. The molecule has 6 heteroatoms. The Hall–Kier alpha value is -0.780. The van der Waals surface area contributed by atoms with E-state index in [2.05, 4.69) is 18.6 Å². The number of nitrogen functional groups attached to an aromatic ring is 1. The van der Waals surface area contributed by atoms with Crippen LogP contribution in [0, 0.1) is 11.8 Å². The summed E-state index contributed by atoms with van der Waals surface area (Å²) in [5.41, 5.74) is 5.95. The van der Waals surface area contributed by atoms with Crippen LogP contribution in [0.1, 0.15) is 33.1 Å². The summed E-state index contributed by atoms with van der Waals surface area (Å²) < 4.78 is 27.7. The number of benzene rings is 1. The first kappa shape index (κ1) is 15.6. The fourth-order valence-electron chi connectivity index (χ4n) is 2.78. The lowest BCUT2D eigenvalue weighted by Gasteiger charge is -2.34. The molecule has 1 aromatic rings. The third-order valence-electron chi connectivity index (χ3n) is 4.27. The molecule has 0 aliphatic heterocycles. The van der Waals surface area contributed by atoms with E-state index in [1.807, 2.05) is 0 Å². The summed E-state index contributed by atoms with van der Waals surface area (Å²) >= 11 is 5.81. The van der Waals surface area contributed by atoms with Gasteiger partial charge in [0.1, 0.15) is 4.90 Å². The molecule has 20 heavy (non-hydrogen) atoms. The zero-order valence-electron chi connectivity index (χ0n) is 11.8. The summed E-state index contributed by atoms with van der Waals surface area (Å²) in [4.78, 5) is 0.104. The van der Waals surface area contributed by atoms with Crippen molar-refractivity contribution in [3.05, 3.63) is 23.2 Å². The van der Waals surface area contributed by atoms with Gasteiger partial charge in [0, 0.05) is 11.1 Å². The third-order valence-corrected chi connectivity index (χ3v) is 6.07. The molecule has 0 heterocycles. The van der Waals surface area contributed by atoms with E-state index in [0.29, 0.717) is 16.9 Å². The molecule has 112 valence electrons. The molecule has 1 aliphatic carbocycles. The minimum absolute atomic E-state index is 0.0289. The first-order chi connectivity index (χ1) is 9.31. The second-order valence-electron chi connectivity index (χ2n) is 5.68. The van der Waals surface area contributed by atoms with E-state index in [4.69, 9.17) is 17.3 Å². The zero-order valence-corrected chi connectivity index (χ0v) is 13.3. The van der Waals surface area contributed by atoms with Crippen molar-refractivity contribution in [3.8, 4) is 0 Å². The van der Waals surface area contributed by atoms with Crippen molar-refractivity contribution >= 4 is 27.3 Å². The Balaban J connectivity index is 2.22. The van der Waals surface area contributed by atoms with Gasteiger partial charge in [-0.05, 0) is 36.5 Å². The lowest BCUT2D eigenvalue weighted by Crippen LogP contribution is -2.43. The highest BCUT2D eigenvalue weighted by Gasteiger charge is 2.31. The average molecular weight is 317 g/mol. The van der Waals surface area contributed by atoms with Gasteiger partial charge < -0.3 is 5.73 Å². The fourth-order valence-corrected chi connectivity index (χ4v) is 4.43. The number of anilines is 1. The van der Waals surface area contributed by atoms with Crippen molar-refractivity contribution < 1.29 is 8.42 Å². The van der Waals surface area contributed by atoms with Gasteiger partial charge in [-0.3, -0.25) is 0 Å². The van der Waals surface area contributed by atoms with Gasteiger partial charge in [-0.15, -0.1) is 0 Å². The predicted molar refractivity (Wildman–Crippen MR) is 82.2 cm³/mol. The third kappa shape index (κ3) is 3.27. The molecular weight excluding hydrogens is 296 g/mol. The molecule has 1 fully saturated rings. The molecule has 1 aliphatic rings.